The van der Waals surface area contributed by atoms with Gasteiger partial charge in [-0.05, 0) is 25.2 Å². The van der Waals surface area contributed by atoms with Crippen LogP contribution < -0.4 is 14.8 Å². The van der Waals surface area contributed by atoms with E-state index in [-0.39, 0.29) is 5.75 Å². The maximum Gasteiger partial charge on any atom is 0.212 e. The molecule has 0 aromatic heterocycles. The van der Waals surface area contributed by atoms with Crippen LogP contribution in [-0.4, -0.2) is 34.9 Å². The van der Waals surface area contributed by atoms with E-state index in [0.717, 1.165) is 11.3 Å². The van der Waals surface area contributed by atoms with E-state index in [4.69, 9.17) is 16.3 Å². The van der Waals surface area contributed by atoms with Crippen LogP contribution in [0.4, 0.5) is 0 Å². The Morgan fingerprint density at radius 1 is 1.39 bits per heavy atom. The maximum atomic E-state index is 11.2. The summed E-state index contributed by atoms with van der Waals surface area (Å²) in [5, 5.41) is 3.66. The molecule has 0 saturated carbocycles. The molecule has 0 aliphatic heterocycles. The summed E-state index contributed by atoms with van der Waals surface area (Å²) in [6.07, 6.45) is 0. The second kappa shape index (κ2) is 6.94. The number of methoxy groups -OCH3 is 1. The molecule has 0 amide bonds. The molecule has 102 valence electrons. The van der Waals surface area contributed by atoms with E-state index < -0.39 is 10.0 Å². The standard InChI is InChI=1S/C11H17ClN2O3S/c1-13-18(15,16)6-5-14-8-9-7-10(12)3-4-11(9)17-2/h3-4,7,13-14H,5-6,8H2,1-2H3. The summed E-state index contributed by atoms with van der Waals surface area (Å²) in [5.41, 5.74) is 0.895. The summed E-state index contributed by atoms with van der Waals surface area (Å²) >= 11 is 5.89. The Hall–Kier alpha value is -0.820. The highest BCUT2D eigenvalue weighted by Crippen LogP contribution is 2.22. The van der Waals surface area contributed by atoms with Crippen LogP contribution in [0.1, 0.15) is 5.56 Å². The zero-order valence-electron chi connectivity index (χ0n) is 10.4. The van der Waals surface area contributed by atoms with Crippen molar-refractivity contribution in [3.05, 3.63) is 28.8 Å². The number of hydrogen-bond donors (Lipinski definition) is 2. The molecule has 0 aliphatic rings. The normalized spacial score (nSPS) is 11.5. The Balaban J connectivity index is 2.51. The molecular formula is C11H17ClN2O3S. The molecule has 0 bridgehead atoms. The van der Waals surface area contributed by atoms with Gasteiger partial charge in [0.1, 0.15) is 5.75 Å². The third-order valence-electron chi connectivity index (χ3n) is 2.42. The Kier molecular flexibility index (Phi) is 5.87. The summed E-state index contributed by atoms with van der Waals surface area (Å²) in [4.78, 5) is 0. The van der Waals surface area contributed by atoms with E-state index >= 15 is 0 Å². The maximum absolute atomic E-state index is 11.2. The largest absolute Gasteiger partial charge is 0.496 e. The van der Waals surface area contributed by atoms with Crippen LogP contribution in [0, 0.1) is 0 Å². The predicted molar refractivity (Wildman–Crippen MR) is 72.6 cm³/mol. The first kappa shape index (κ1) is 15.2. The zero-order valence-corrected chi connectivity index (χ0v) is 11.9. The van der Waals surface area contributed by atoms with Crippen LogP contribution in [0.15, 0.2) is 18.2 Å². The molecule has 0 radical (unpaired) electrons. The lowest BCUT2D eigenvalue weighted by Gasteiger charge is -2.10. The fourth-order valence-corrected chi connectivity index (χ4v) is 2.23. The van der Waals surface area contributed by atoms with E-state index in [1.165, 1.54) is 7.05 Å². The number of hydrogen-bond acceptors (Lipinski definition) is 4. The molecule has 0 fully saturated rings. The molecule has 5 nitrogen and oxygen atoms in total. The first-order valence-electron chi connectivity index (χ1n) is 5.43. The molecule has 0 spiro atoms. The molecule has 0 unspecified atom stereocenters. The van der Waals surface area contributed by atoms with Crippen LogP contribution in [0.5, 0.6) is 5.75 Å². The molecule has 1 aromatic rings. The number of halogens is 1. The van der Waals surface area contributed by atoms with Crippen LogP contribution in [0.3, 0.4) is 0 Å². The highest BCUT2D eigenvalue weighted by molar-refractivity contribution is 7.89. The topological polar surface area (TPSA) is 67.4 Å². The van der Waals surface area contributed by atoms with Gasteiger partial charge in [-0.3, -0.25) is 0 Å². The Bertz CT molecular complexity index is 491. The van der Waals surface area contributed by atoms with Gasteiger partial charge in [-0.2, -0.15) is 0 Å². The van der Waals surface area contributed by atoms with E-state index in [2.05, 4.69) is 10.0 Å². The van der Waals surface area contributed by atoms with Gasteiger partial charge in [0.2, 0.25) is 10.0 Å². The minimum absolute atomic E-state index is 0.0341. The first-order chi connectivity index (χ1) is 8.48. The third kappa shape index (κ3) is 4.81. The minimum atomic E-state index is -3.17. The molecule has 7 heteroatoms. The van der Waals surface area contributed by atoms with Crippen molar-refractivity contribution in [1.82, 2.24) is 10.0 Å². The van der Waals surface area contributed by atoms with Crippen molar-refractivity contribution >= 4 is 21.6 Å². The van der Waals surface area contributed by atoms with Crippen LogP contribution in [0.25, 0.3) is 0 Å². The molecule has 0 atom stereocenters. The first-order valence-corrected chi connectivity index (χ1v) is 7.46. The number of benzene rings is 1. The van der Waals surface area contributed by atoms with Gasteiger partial charge < -0.3 is 10.1 Å². The van der Waals surface area contributed by atoms with Crippen LogP contribution in [-0.2, 0) is 16.6 Å². The second-order valence-electron chi connectivity index (χ2n) is 3.66. The average molecular weight is 293 g/mol. The summed E-state index contributed by atoms with van der Waals surface area (Å²) in [6.45, 7) is 0.863. The summed E-state index contributed by atoms with van der Waals surface area (Å²) in [7, 11) is -0.188. The van der Waals surface area contributed by atoms with Gasteiger partial charge in [-0.1, -0.05) is 11.6 Å². The Morgan fingerprint density at radius 3 is 2.72 bits per heavy atom. The quantitative estimate of drug-likeness (QED) is 0.736. The van der Waals surface area contributed by atoms with Crippen molar-refractivity contribution in [2.24, 2.45) is 0 Å². The van der Waals surface area contributed by atoms with Gasteiger partial charge in [0, 0.05) is 23.7 Å². The fourth-order valence-electron chi connectivity index (χ4n) is 1.42. The van der Waals surface area contributed by atoms with Gasteiger partial charge in [-0.25, -0.2) is 13.1 Å². The predicted octanol–water partition coefficient (Wildman–Crippen LogP) is 0.987. The van der Waals surface area contributed by atoms with E-state index in [1.807, 2.05) is 0 Å². The smallest absolute Gasteiger partial charge is 0.212 e. The number of sulfonamides is 1. The lowest BCUT2D eigenvalue weighted by molar-refractivity contribution is 0.408. The highest BCUT2D eigenvalue weighted by atomic mass is 35.5. The van der Waals surface area contributed by atoms with Crippen molar-refractivity contribution in [3.8, 4) is 5.75 Å². The summed E-state index contributed by atoms with van der Waals surface area (Å²) < 4.78 is 29.8. The van der Waals surface area contributed by atoms with Crippen LogP contribution >= 0.6 is 11.6 Å². The second-order valence-corrected chi connectivity index (χ2v) is 6.14. The van der Waals surface area contributed by atoms with Crippen molar-refractivity contribution in [2.75, 3.05) is 26.5 Å². The number of rotatable bonds is 7. The molecule has 0 heterocycles. The summed E-state index contributed by atoms with van der Waals surface area (Å²) in [6, 6.07) is 5.32. The van der Waals surface area contributed by atoms with Gasteiger partial charge >= 0.3 is 0 Å². The molecule has 1 aromatic carbocycles. The average Bonchev–Trinajstić information content (AvgIpc) is 2.35. The van der Waals surface area contributed by atoms with Crippen molar-refractivity contribution < 1.29 is 13.2 Å². The Labute approximate surface area is 113 Å². The Morgan fingerprint density at radius 2 is 2.11 bits per heavy atom. The molecule has 1 rings (SSSR count). The van der Waals surface area contributed by atoms with Crippen molar-refractivity contribution in [3.63, 3.8) is 0 Å². The van der Waals surface area contributed by atoms with Gasteiger partial charge in [0.15, 0.2) is 0 Å². The number of nitrogens with one attached hydrogen (secondary N) is 2. The molecule has 0 saturated heterocycles. The number of ether oxygens (including phenoxy) is 1. The molecule has 18 heavy (non-hydrogen) atoms. The van der Waals surface area contributed by atoms with Gasteiger partial charge in [0.05, 0.1) is 12.9 Å². The summed E-state index contributed by atoms with van der Waals surface area (Å²) in [5.74, 6) is 0.759. The third-order valence-corrected chi connectivity index (χ3v) is 4.02. The van der Waals surface area contributed by atoms with E-state index in [0.29, 0.717) is 18.1 Å². The molecular weight excluding hydrogens is 276 g/mol. The zero-order chi connectivity index (χ0) is 13.6. The monoisotopic (exact) mass is 292 g/mol. The molecule has 2 N–H and O–H groups in total. The van der Waals surface area contributed by atoms with Crippen LogP contribution in [0.2, 0.25) is 5.02 Å². The van der Waals surface area contributed by atoms with Gasteiger partial charge in [-0.15, -0.1) is 0 Å². The fraction of sp³-hybridized carbons (Fsp3) is 0.455. The van der Waals surface area contributed by atoms with Crippen molar-refractivity contribution in [2.45, 2.75) is 6.54 Å². The minimum Gasteiger partial charge on any atom is -0.496 e. The molecule has 0 aliphatic carbocycles. The lowest BCUT2D eigenvalue weighted by atomic mass is 10.2. The lowest BCUT2D eigenvalue weighted by Crippen LogP contribution is -2.29. The van der Waals surface area contributed by atoms with Gasteiger partial charge in [0.25, 0.3) is 0 Å². The SMILES string of the molecule is CNS(=O)(=O)CCNCc1cc(Cl)ccc1OC. The van der Waals surface area contributed by atoms with E-state index in [1.54, 1.807) is 25.3 Å². The van der Waals surface area contributed by atoms with E-state index in [9.17, 15) is 8.42 Å². The highest BCUT2D eigenvalue weighted by Gasteiger charge is 2.07. The van der Waals surface area contributed by atoms with Crippen molar-refractivity contribution in [1.29, 1.82) is 0 Å².